The van der Waals surface area contributed by atoms with E-state index >= 15 is 0 Å². The quantitative estimate of drug-likeness (QED) is 0.500. The maximum absolute atomic E-state index is 10.9. The van der Waals surface area contributed by atoms with Crippen LogP contribution >= 0.6 is 0 Å². The highest BCUT2D eigenvalue weighted by Crippen LogP contribution is 2.18. The molecule has 0 bridgehead atoms. The molecule has 3 rings (SSSR count). The van der Waals surface area contributed by atoms with Gasteiger partial charge in [0.05, 0.1) is 21.2 Å². The Morgan fingerprint density at radius 1 is 0.600 bits per heavy atom. The molecule has 12 heteroatoms. The lowest BCUT2D eigenvalue weighted by molar-refractivity contribution is 0.461. The van der Waals surface area contributed by atoms with Crippen LogP contribution in [-0.4, -0.2) is 37.4 Å². The fraction of sp³-hybridized carbons (Fsp3) is 0.222. The zero-order chi connectivity index (χ0) is 21.8. The molecule has 0 atom stereocenters. The molecule has 30 heavy (non-hydrogen) atoms. The van der Waals surface area contributed by atoms with Gasteiger partial charge in [-0.25, -0.2) is 16.8 Å². The molecule has 0 spiro atoms. The Labute approximate surface area is 174 Å². The highest BCUT2D eigenvalue weighted by molar-refractivity contribution is 7.86. The maximum atomic E-state index is 10.9. The monoisotopic (exact) mass is 450 g/mol. The number of rotatable bonds is 6. The van der Waals surface area contributed by atoms with Crippen molar-refractivity contribution in [3.63, 3.8) is 0 Å². The zero-order valence-corrected chi connectivity index (χ0v) is 17.2. The molecule has 0 amide bonds. The van der Waals surface area contributed by atoms with E-state index in [1.807, 2.05) is 0 Å². The number of hydrogen-bond acceptors (Lipinski definition) is 10. The summed E-state index contributed by atoms with van der Waals surface area (Å²) in [7, 11) is -8.94. The predicted molar refractivity (Wildman–Crippen MR) is 109 cm³/mol. The van der Waals surface area contributed by atoms with Crippen molar-refractivity contribution in [1.29, 1.82) is 0 Å². The van der Waals surface area contributed by atoms with E-state index in [2.05, 4.69) is 21.1 Å². The van der Waals surface area contributed by atoms with Gasteiger partial charge in [-0.15, -0.1) is 0 Å². The summed E-state index contributed by atoms with van der Waals surface area (Å²) in [4.78, 5) is -0.591. The molecular formula is C18H18N4O6S2-2. The van der Waals surface area contributed by atoms with Gasteiger partial charge >= 0.3 is 0 Å². The van der Waals surface area contributed by atoms with E-state index in [0.717, 1.165) is 11.4 Å². The normalized spacial score (nSPS) is 14.9. The van der Waals surface area contributed by atoms with E-state index < -0.39 is 20.2 Å². The number of nitrogens with one attached hydrogen (secondary N) is 2. The number of nitrogens with zero attached hydrogens (tertiary/aromatic N) is 2. The summed E-state index contributed by atoms with van der Waals surface area (Å²) in [5.41, 5.74) is 8.69. The highest BCUT2D eigenvalue weighted by Gasteiger charge is 2.13. The van der Waals surface area contributed by atoms with Gasteiger partial charge in [-0.3, -0.25) is 10.9 Å². The van der Waals surface area contributed by atoms with E-state index in [4.69, 9.17) is 0 Å². The molecule has 0 saturated heterocycles. The van der Waals surface area contributed by atoms with Crippen LogP contribution in [0.3, 0.4) is 0 Å². The lowest BCUT2D eigenvalue weighted by Gasteiger charge is -2.16. The molecule has 10 nitrogen and oxygen atoms in total. The van der Waals surface area contributed by atoms with Gasteiger partial charge in [-0.2, -0.15) is 10.2 Å². The van der Waals surface area contributed by atoms with Gasteiger partial charge < -0.3 is 9.11 Å². The SMILES string of the molecule is O=S(=O)([O-])c1ccc(NN=C2CCC(=NNc3ccc(S(=O)(=O)[O-])cc3)CC2)cc1. The molecule has 0 aliphatic heterocycles. The first kappa shape index (κ1) is 21.9. The Bertz CT molecular complexity index is 1060. The average molecular weight is 450 g/mol. The van der Waals surface area contributed by atoms with E-state index in [1.54, 1.807) is 0 Å². The minimum absolute atomic E-state index is 0.295. The second-order valence-corrected chi connectivity index (χ2v) is 9.30. The van der Waals surface area contributed by atoms with Gasteiger partial charge in [0.15, 0.2) is 0 Å². The third kappa shape index (κ3) is 6.10. The molecule has 160 valence electrons. The van der Waals surface area contributed by atoms with Crippen LogP contribution in [0.15, 0.2) is 68.5 Å². The summed E-state index contributed by atoms with van der Waals surface area (Å²) in [5, 5.41) is 8.62. The van der Waals surface area contributed by atoms with Crippen molar-refractivity contribution >= 4 is 43.0 Å². The fourth-order valence-electron chi connectivity index (χ4n) is 2.73. The molecule has 1 fully saturated rings. The topological polar surface area (TPSA) is 163 Å². The second kappa shape index (κ2) is 8.92. The Hall–Kier alpha value is -2.80. The van der Waals surface area contributed by atoms with Crippen LogP contribution in [0.4, 0.5) is 11.4 Å². The van der Waals surface area contributed by atoms with E-state index in [1.165, 1.54) is 48.5 Å². The van der Waals surface area contributed by atoms with Crippen molar-refractivity contribution in [3.05, 3.63) is 48.5 Å². The van der Waals surface area contributed by atoms with Crippen LogP contribution in [0.1, 0.15) is 25.7 Å². The molecular weight excluding hydrogens is 432 g/mol. The number of benzene rings is 2. The van der Waals surface area contributed by atoms with Gasteiger partial charge in [0.1, 0.15) is 20.2 Å². The second-order valence-electron chi connectivity index (χ2n) is 6.54. The zero-order valence-electron chi connectivity index (χ0n) is 15.6. The number of anilines is 2. The van der Waals surface area contributed by atoms with E-state index in [9.17, 15) is 25.9 Å². The van der Waals surface area contributed by atoms with Gasteiger partial charge in [0.25, 0.3) is 0 Å². The van der Waals surface area contributed by atoms with Crippen molar-refractivity contribution in [2.24, 2.45) is 10.2 Å². The van der Waals surface area contributed by atoms with E-state index in [-0.39, 0.29) is 9.79 Å². The first-order valence-electron chi connectivity index (χ1n) is 8.86. The fourth-order valence-corrected chi connectivity index (χ4v) is 3.67. The van der Waals surface area contributed by atoms with Crippen LogP contribution in [0, 0.1) is 0 Å². The van der Waals surface area contributed by atoms with Crippen LogP contribution < -0.4 is 10.9 Å². The Balaban J connectivity index is 1.51. The average Bonchev–Trinajstić information content (AvgIpc) is 2.71. The van der Waals surface area contributed by atoms with Crippen molar-refractivity contribution in [3.8, 4) is 0 Å². The molecule has 1 aliphatic carbocycles. The van der Waals surface area contributed by atoms with Gasteiger partial charge in [0.2, 0.25) is 0 Å². The largest absolute Gasteiger partial charge is 0.744 e. The smallest absolute Gasteiger partial charge is 0.124 e. The standard InChI is InChI=1S/C18H20N4O6S2/c23-29(24,25)17-9-5-15(6-10-17)21-19-13-1-2-14(4-3-13)20-22-16-7-11-18(12-8-16)30(26,27)28/h5-12,21-22H,1-4H2,(H,23,24,25)(H,26,27,28)/p-2. The van der Waals surface area contributed by atoms with Crippen LogP contribution in [-0.2, 0) is 20.2 Å². The Kier molecular flexibility index (Phi) is 6.51. The van der Waals surface area contributed by atoms with Crippen molar-refractivity contribution in [1.82, 2.24) is 0 Å². The number of hydrazone groups is 2. The first-order valence-corrected chi connectivity index (χ1v) is 11.7. The minimum atomic E-state index is -4.47. The van der Waals surface area contributed by atoms with Gasteiger partial charge in [0, 0.05) is 11.4 Å². The third-order valence-electron chi connectivity index (χ3n) is 4.38. The van der Waals surface area contributed by atoms with Crippen LogP contribution in [0.5, 0.6) is 0 Å². The summed E-state index contributed by atoms with van der Waals surface area (Å²) < 4.78 is 65.5. The summed E-state index contributed by atoms with van der Waals surface area (Å²) >= 11 is 0. The van der Waals surface area contributed by atoms with Crippen molar-refractivity contribution in [2.45, 2.75) is 35.5 Å². The van der Waals surface area contributed by atoms with Crippen LogP contribution in [0.25, 0.3) is 0 Å². The summed E-state index contributed by atoms with van der Waals surface area (Å²) in [6.45, 7) is 0. The van der Waals surface area contributed by atoms with Gasteiger partial charge in [-0.05, 0) is 74.2 Å². The van der Waals surface area contributed by atoms with Crippen LogP contribution in [0.2, 0.25) is 0 Å². The Morgan fingerprint density at radius 2 is 0.900 bits per heavy atom. The number of hydrogen-bond donors (Lipinski definition) is 2. The minimum Gasteiger partial charge on any atom is -0.744 e. The summed E-state index contributed by atoms with van der Waals surface area (Å²) in [5.74, 6) is 0. The third-order valence-corrected chi connectivity index (χ3v) is 6.08. The molecule has 2 aromatic rings. The lowest BCUT2D eigenvalue weighted by atomic mass is 9.97. The maximum Gasteiger partial charge on any atom is 0.124 e. The molecule has 0 aromatic heterocycles. The molecule has 1 aliphatic rings. The molecule has 0 unspecified atom stereocenters. The highest BCUT2D eigenvalue weighted by atomic mass is 32.2. The van der Waals surface area contributed by atoms with Crippen molar-refractivity contribution < 1.29 is 25.9 Å². The van der Waals surface area contributed by atoms with Gasteiger partial charge in [-0.1, -0.05) is 0 Å². The predicted octanol–water partition coefficient (Wildman–Crippen LogP) is 2.30. The summed E-state index contributed by atoms with van der Waals surface area (Å²) in [6.07, 6.45) is 2.75. The molecule has 0 heterocycles. The molecule has 2 aromatic carbocycles. The van der Waals surface area contributed by atoms with E-state index in [0.29, 0.717) is 37.1 Å². The Morgan fingerprint density at radius 3 is 1.17 bits per heavy atom. The van der Waals surface area contributed by atoms with Crippen molar-refractivity contribution in [2.75, 3.05) is 10.9 Å². The molecule has 2 N–H and O–H groups in total. The lowest BCUT2D eigenvalue weighted by Crippen LogP contribution is -2.16. The summed E-state index contributed by atoms with van der Waals surface area (Å²) in [6, 6.07) is 10.8. The first-order chi connectivity index (χ1) is 14.1. The molecule has 1 saturated carbocycles. The molecule has 0 radical (unpaired) electrons.